The second kappa shape index (κ2) is 14.2. The molecule has 9 aliphatic rings. The Kier molecular flexibility index (Phi) is 9.94. The number of hydrogen-bond donors (Lipinski definition) is 10. The number of fused-ring (bicyclic) bond motifs is 20. The van der Waals surface area contributed by atoms with Gasteiger partial charge in [-0.25, -0.2) is 0 Å². The van der Waals surface area contributed by atoms with Gasteiger partial charge in [-0.15, -0.1) is 0 Å². The van der Waals surface area contributed by atoms with Crippen molar-refractivity contribution in [1.82, 2.24) is 47.9 Å². The van der Waals surface area contributed by atoms with Gasteiger partial charge in [-0.2, -0.15) is 0 Å². The molecule has 46 heavy (non-hydrogen) atoms. The van der Waals surface area contributed by atoms with E-state index in [0.717, 1.165) is 47.3 Å². The molecule has 0 aromatic rings. The fourth-order valence-corrected chi connectivity index (χ4v) is 12.1. The van der Waals surface area contributed by atoms with Gasteiger partial charge in [0.05, 0.1) is 55.9 Å². The lowest BCUT2D eigenvalue weighted by Gasteiger charge is -2.35. The molecule has 8 atom stereocenters. The monoisotopic (exact) mass is 642 g/mol. The summed E-state index contributed by atoms with van der Waals surface area (Å²) in [6, 6.07) is 0. The van der Waals surface area contributed by atoms with E-state index in [1.165, 1.54) is 103 Å². The van der Waals surface area contributed by atoms with Gasteiger partial charge in [0.25, 0.3) is 0 Å². The third-order valence-electron chi connectivity index (χ3n) is 14.1. The Labute approximate surface area is 276 Å². The quantitative estimate of drug-likeness (QED) is 0.216. The second-order valence-electron chi connectivity index (χ2n) is 16.5. The fraction of sp³-hybridized carbons (Fsp3) is 0.971. The predicted molar refractivity (Wildman–Crippen MR) is 179 cm³/mol. The molecule has 0 aromatic carbocycles. The minimum Gasteiger partial charge on any atom is -0.480 e. The Morgan fingerprint density at radius 2 is 0.609 bits per heavy atom. The lowest BCUT2D eigenvalue weighted by molar-refractivity contribution is -0.135. The Balaban J connectivity index is 0.000000478. The lowest BCUT2D eigenvalue weighted by atomic mass is 9.76. The predicted octanol–water partition coefficient (Wildman–Crippen LogP) is 1.90. The molecule has 0 spiro atoms. The molecule has 11 heteroatoms. The largest absolute Gasteiger partial charge is 0.480 e. The van der Waals surface area contributed by atoms with Gasteiger partial charge in [-0.1, -0.05) is 51.4 Å². The molecule has 0 radical (unpaired) electrons. The number of carboxylic acid groups (broad SMARTS) is 1. The zero-order valence-electron chi connectivity index (χ0n) is 28.1. The topological polar surface area (TPSA) is 146 Å². The minimum atomic E-state index is -0.822. The van der Waals surface area contributed by atoms with E-state index in [0.29, 0.717) is 49.3 Å². The molecule has 260 valence electrons. The molecule has 5 heterocycles. The third kappa shape index (κ3) is 6.31. The van der Waals surface area contributed by atoms with Crippen LogP contribution in [-0.4, -0.2) is 74.0 Å². The molecular formula is C35H63N9O2. The number of rotatable bonds is 2. The molecule has 4 saturated carbocycles. The first-order chi connectivity index (χ1) is 22.6. The maximum absolute atomic E-state index is 9.54. The smallest absolute Gasteiger partial charge is 0.317 e. The standard InChI is InChI=1S/C32H56N8.C3H7NO2/c1-2-10-18-17(9-1)25-33-26(18)38-28-21-13-5-6-14-22(21)30(35-28)40-32-24-16-8-7-15-23(24)31(36-32)39-29-20-12-4-3-11-19(20)27(34-29)37-25;1-4-2-3(5)6/h17-40H,1-16H2;4H,2H2,1H3,(H,5,6). The van der Waals surface area contributed by atoms with E-state index >= 15 is 0 Å². The third-order valence-corrected chi connectivity index (χ3v) is 14.1. The maximum Gasteiger partial charge on any atom is 0.317 e. The van der Waals surface area contributed by atoms with Crippen molar-refractivity contribution in [2.75, 3.05) is 13.6 Å². The molecule has 5 aliphatic heterocycles. The molecular weight excluding hydrogens is 578 g/mol. The van der Waals surface area contributed by atoms with Gasteiger partial charge in [-0.05, 0) is 106 Å². The molecule has 0 amide bonds. The number of carbonyl (C=O) groups is 1. The molecule has 8 unspecified atom stereocenters. The Morgan fingerprint density at radius 3 is 0.717 bits per heavy atom. The van der Waals surface area contributed by atoms with Crippen molar-refractivity contribution in [3.8, 4) is 0 Å². The van der Waals surface area contributed by atoms with E-state index in [9.17, 15) is 4.79 Å². The van der Waals surface area contributed by atoms with Crippen LogP contribution in [0, 0.1) is 47.3 Å². The first-order valence-corrected chi connectivity index (χ1v) is 19.5. The van der Waals surface area contributed by atoms with E-state index in [1.54, 1.807) is 7.05 Å². The Morgan fingerprint density at radius 1 is 0.435 bits per heavy atom. The van der Waals surface area contributed by atoms with Crippen molar-refractivity contribution in [2.45, 2.75) is 152 Å². The molecule has 8 bridgehead atoms. The highest BCUT2D eigenvalue weighted by Crippen LogP contribution is 2.45. The van der Waals surface area contributed by atoms with Gasteiger partial charge in [0, 0.05) is 0 Å². The molecule has 9 fully saturated rings. The number of nitrogens with one attached hydrogen (secondary N) is 9. The van der Waals surface area contributed by atoms with Crippen LogP contribution < -0.4 is 47.9 Å². The number of likely N-dealkylation sites (N-methyl/N-ethyl adjacent to an activating group) is 1. The number of carboxylic acids is 1. The fourth-order valence-electron chi connectivity index (χ4n) is 12.1. The molecule has 11 nitrogen and oxygen atoms in total. The Bertz CT molecular complexity index is 844. The molecule has 5 saturated heterocycles. The summed E-state index contributed by atoms with van der Waals surface area (Å²) in [5.41, 5.74) is 0. The number of aliphatic carboxylic acids is 1. The van der Waals surface area contributed by atoms with Crippen LogP contribution in [0.5, 0.6) is 0 Å². The Hall–Kier alpha value is -0.890. The summed E-state index contributed by atoms with van der Waals surface area (Å²) in [5.74, 6) is 5.15. The van der Waals surface area contributed by atoms with Crippen molar-refractivity contribution in [3.05, 3.63) is 0 Å². The summed E-state index contributed by atoms with van der Waals surface area (Å²) < 4.78 is 0. The summed E-state index contributed by atoms with van der Waals surface area (Å²) in [4.78, 5) is 9.54. The molecule has 4 aliphatic carbocycles. The summed E-state index contributed by atoms with van der Waals surface area (Å²) in [5, 5.41) is 44.1. The summed E-state index contributed by atoms with van der Waals surface area (Å²) >= 11 is 0. The summed E-state index contributed by atoms with van der Waals surface area (Å²) in [6.45, 7) is 0.0417. The second-order valence-corrected chi connectivity index (χ2v) is 16.5. The van der Waals surface area contributed by atoms with Gasteiger partial charge >= 0.3 is 5.97 Å². The van der Waals surface area contributed by atoms with Crippen LogP contribution in [0.4, 0.5) is 0 Å². The minimum absolute atomic E-state index is 0.0417. The first kappa shape index (κ1) is 32.3. The van der Waals surface area contributed by atoms with Crippen LogP contribution >= 0.6 is 0 Å². The van der Waals surface area contributed by atoms with E-state index in [-0.39, 0.29) is 6.54 Å². The summed E-state index contributed by atoms with van der Waals surface area (Å²) in [6.07, 6.45) is 25.6. The summed E-state index contributed by atoms with van der Waals surface area (Å²) in [7, 11) is 1.59. The zero-order valence-corrected chi connectivity index (χ0v) is 28.1. The highest BCUT2D eigenvalue weighted by atomic mass is 16.4. The van der Waals surface area contributed by atoms with Crippen molar-refractivity contribution >= 4 is 5.97 Å². The van der Waals surface area contributed by atoms with E-state index in [1.807, 2.05) is 0 Å². The van der Waals surface area contributed by atoms with Crippen molar-refractivity contribution in [1.29, 1.82) is 0 Å². The average Bonchev–Trinajstić information content (AvgIpc) is 3.81. The molecule has 9 rings (SSSR count). The van der Waals surface area contributed by atoms with Crippen LogP contribution in [0.2, 0.25) is 0 Å². The first-order valence-electron chi connectivity index (χ1n) is 19.5. The van der Waals surface area contributed by atoms with Crippen LogP contribution in [0.25, 0.3) is 0 Å². The lowest BCUT2D eigenvalue weighted by Crippen LogP contribution is -2.61. The maximum atomic E-state index is 9.54. The average molecular weight is 642 g/mol. The molecule has 10 N–H and O–H groups in total. The van der Waals surface area contributed by atoms with Gasteiger partial charge in [0.2, 0.25) is 0 Å². The normalized spacial score (nSPS) is 51.2. The zero-order chi connectivity index (χ0) is 31.2. The van der Waals surface area contributed by atoms with Gasteiger partial charge in [0.15, 0.2) is 0 Å². The molecule has 0 aromatic heterocycles. The van der Waals surface area contributed by atoms with Crippen molar-refractivity contribution in [2.24, 2.45) is 47.3 Å². The van der Waals surface area contributed by atoms with E-state index in [4.69, 9.17) is 5.11 Å². The highest BCUT2D eigenvalue weighted by molar-refractivity contribution is 5.68. The van der Waals surface area contributed by atoms with Crippen LogP contribution in [-0.2, 0) is 4.79 Å². The number of hydrogen-bond acceptors (Lipinski definition) is 10. The van der Waals surface area contributed by atoms with E-state index in [2.05, 4.69) is 47.9 Å². The van der Waals surface area contributed by atoms with Crippen LogP contribution in [0.15, 0.2) is 0 Å². The van der Waals surface area contributed by atoms with Gasteiger partial charge in [-0.3, -0.25) is 47.3 Å². The van der Waals surface area contributed by atoms with Gasteiger partial charge in [0.1, 0.15) is 0 Å². The van der Waals surface area contributed by atoms with Crippen molar-refractivity contribution < 1.29 is 9.90 Å². The highest BCUT2D eigenvalue weighted by Gasteiger charge is 2.54. The van der Waals surface area contributed by atoms with Crippen molar-refractivity contribution in [3.63, 3.8) is 0 Å². The van der Waals surface area contributed by atoms with Gasteiger partial charge < -0.3 is 10.4 Å². The SMILES string of the molecule is C1CCC2C3NC(NC4NC(NC5NC(NC6NC(N3)C3CCCCC63)C3CCCCC53)C3CCCCC43)C2C1.CNCC(=O)O. The van der Waals surface area contributed by atoms with Crippen LogP contribution in [0.1, 0.15) is 103 Å². The van der Waals surface area contributed by atoms with Crippen LogP contribution in [0.3, 0.4) is 0 Å². The van der Waals surface area contributed by atoms with E-state index < -0.39 is 5.97 Å².